The number of aromatic hydroxyl groups is 1. The van der Waals surface area contributed by atoms with Gasteiger partial charge in [0.1, 0.15) is 5.75 Å². The molecular formula is C14H10Br2ClNO. The number of benzene rings is 2. The van der Waals surface area contributed by atoms with Crippen LogP contribution in [0.1, 0.15) is 11.1 Å². The van der Waals surface area contributed by atoms with E-state index in [-0.39, 0.29) is 5.75 Å². The van der Waals surface area contributed by atoms with Crippen molar-refractivity contribution in [2.45, 2.75) is 6.92 Å². The minimum atomic E-state index is 0.176. The first kappa shape index (κ1) is 14.6. The molecule has 0 bridgehead atoms. The fraction of sp³-hybridized carbons (Fsp3) is 0.0714. The van der Waals surface area contributed by atoms with Crippen molar-refractivity contribution in [3.8, 4) is 5.75 Å². The van der Waals surface area contributed by atoms with Crippen LogP contribution in [-0.4, -0.2) is 11.3 Å². The highest BCUT2D eigenvalue weighted by molar-refractivity contribution is 9.11. The summed E-state index contributed by atoms with van der Waals surface area (Å²) in [5.74, 6) is 0.176. The van der Waals surface area contributed by atoms with Gasteiger partial charge >= 0.3 is 0 Å². The average Bonchev–Trinajstić information content (AvgIpc) is 2.37. The van der Waals surface area contributed by atoms with Crippen LogP contribution < -0.4 is 0 Å². The van der Waals surface area contributed by atoms with Gasteiger partial charge in [-0.1, -0.05) is 17.7 Å². The summed E-state index contributed by atoms with van der Waals surface area (Å²) in [7, 11) is 0. The Hall–Kier alpha value is -0.840. The van der Waals surface area contributed by atoms with E-state index in [0.717, 1.165) is 16.8 Å². The number of aliphatic imine (C=N–C) groups is 1. The van der Waals surface area contributed by atoms with E-state index in [0.29, 0.717) is 14.0 Å². The molecule has 0 saturated heterocycles. The second kappa shape index (κ2) is 6.07. The minimum absolute atomic E-state index is 0.176. The largest absolute Gasteiger partial charge is 0.506 e. The van der Waals surface area contributed by atoms with Crippen molar-refractivity contribution < 1.29 is 5.11 Å². The molecule has 2 nitrogen and oxygen atoms in total. The van der Waals surface area contributed by atoms with Crippen LogP contribution in [0.15, 0.2) is 44.3 Å². The van der Waals surface area contributed by atoms with Gasteiger partial charge in [0.15, 0.2) is 0 Å². The zero-order valence-electron chi connectivity index (χ0n) is 9.99. The second-order valence-electron chi connectivity index (χ2n) is 4.02. The molecule has 0 unspecified atom stereocenters. The number of halogens is 3. The molecular weight excluding hydrogens is 393 g/mol. The van der Waals surface area contributed by atoms with E-state index < -0.39 is 0 Å². The van der Waals surface area contributed by atoms with E-state index >= 15 is 0 Å². The summed E-state index contributed by atoms with van der Waals surface area (Å²) in [6.07, 6.45) is 1.72. The van der Waals surface area contributed by atoms with Crippen LogP contribution in [0, 0.1) is 6.92 Å². The molecule has 0 spiro atoms. The third kappa shape index (κ3) is 3.59. The molecule has 0 aliphatic carbocycles. The Balaban J connectivity index is 2.30. The maximum atomic E-state index is 9.63. The minimum Gasteiger partial charge on any atom is -0.506 e. The van der Waals surface area contributed by atoms with Crippen molar-refractivity contribution in [1.82, 2.24) is 0 Å². The smallest absolute Gasteiger partial charge is 0.143 e. The highest BCUT2D eigenvalue weighted by Crippen LogP contribution is 2.33. The summed E-state index contributed by atoms with van der Waals surface area (Å²) in [6.45, 7) is 1.95. The Kier molecular flexibility index (Phi) is 4.66. The number of nitrogens with zero attached hydrogens (tertiary/aromatic N) is 1. The number of aryl methyl sites for hydroxylation is 1. The predicted molar refractivity (Wildman–Crippen MR) is 86.9 cm³/mol. The Morgan fingerprint density at radius 2 is 1.79 bits per heavy atom. The number of rotatable bonds is 2. The summed E-state index contributed by atoms with van der Waals surface area (Å²) in [5.41, 5.74) is 2.68. The number of phenols is 1. The van der Waals surface area contributed by atoms with Gasteiger partial charge in [0.05, 0.1) is 14.6 Å². The van der Waals surface area contributed by atoms with E-state index in [1.807, 2.05) is 25.1 Å². The molecule has 0 amide bonds. The lowest BCUT2D eigenvalue weighted by molar-refractivity contribution is 0.468. The molecule has 5 heteroatoms. The lowest BCUT2D eigenvalue weighted by Crippen LogP contribution is -1.83. The van der Waals surface area contributed by atoms with E-state index in [1.54, 1.807) is 18.3 Å². The van der Waals surface area contributed by atoms with Crippen LogP contribution in [0.25, 0.3) is 0 Å². The van der Waals surface area contributed by atoms with Gasteiger partial charge in [-0.3, -0.25) is 4.99 Å². The van der Waals surface area contributed by atoms with Crippen LogP contribution in [0.3, 0.4) is 0 Å². The highest BCUT2D eigenvalue weighted by atomic mass is 79.9. The van der Waals surface area contributed by atoms with E-state index in [1.165, 1.54) is 0 Å². The number of phenolic OH excluding ortho intramolecular Hbond substituents is 1. The Morgan fingerprint density at radius 1 is 1.16 bits per heavy atom. The van der Waals surface area contributed by atoms with Crippen molar-refractivity contribution in [3.05, 3.63) is 55.4 Å². The zero-order chi connectivity index (χ0) is 14.0. The van der Waals surface area contributed by atoms with Crippen molar-refractivity contribution >= 4 is 55.4 Å². The van der Waals surface area contributed by atoms with Gasteiger partial charge in [0.25, 0.3) is 0 Å². The van der Waals surface area contributed by atoms with Gasteiger partial charge < -0.3 is 5.11 Å². The van der Waals surface area contributed by atoms with E-state index in [4.69, 9.17) is 11.6 Å². The van der Waals surface area contributed by atoms with Gasteiger partial charge in [-0.2, -0.15) is 0 Å². The SMILES string of the molecule is Cc1ccc(N=Cc2cc(Br)c(O)c(Br)c2)cc1Cl. The molecule has 0 radical (unpaired) electrons. The molecule has 19 heavy (non-hydrogen) atoms. The molecule has 0 aromatic heterocycles. The molecule has 0 atom stereocenters. The zero-order valence-corrected chi connectivity index (χ0v) is 13.9. The lowest BCUT2D eigenvalue weighted by atomic mass is 10.2. The summed E-state index contributed by atoms with van der Waals surface area (Å²) in [5, 5.41) is 10.3. The number of hydrogen-bond acceptors (Lipinski definition) is 2. The van der Waals surface area contributed by atoms with Crippen LogP contribution in [0.5, 0.6) is 5.75 Å². The molecule has 0 heterocycles. The van der Waals surface area contributed by atoms with Gasteiger partial charge in [0.2, 0.25) is 0 Å². The summed E-state index contributed by atoms with van der Waals surface area (Å²) in [4.78, 5) is 4.36. The van der Waals surface area contributed by atoms with Crippen LogP contribution in [0.4, 0.5) is 5.69 Å². The standard InChI is InChI=1S/C14H10Br2ClNO/c1-8-2-3-10(6-13(8)17)18-7-9-4-11(15)14(19)12(16)5-9/h2-7,19H,1H3. The first-order valence-corrected chi connectivity index (χ1v) is 7.42. The van der Waals surface area contributed by atoms with Crippen LogP contribution >= 0.6 is 43.5 Å². The molecule has 0 aliphatic rings. The summed E-state index contributed by atoms with van der Waals surface area (Å²) >= 11 is 12.6. The van der Waals surface area contributed by atoms with Crippen molar-refractivity contribution in [3.63, 3.8) is 0 Å². The maximum Gasteiger partial charge on any atom is 0.143 e. The molecule has 1 N–H and O–H groups in total. The van der Waals surface area contributed by atoms with E-state index in [2.05, 4.69) is 36.9 Å². The fourth-order valence-corrected chi connectivity index (χ4v) is 2.87. The first-order chi connectivity index (χ1) is 8.97. The molecule has 0 fully saturated rings. The van der Waals surface area contributed by atoms with Crippen LogP contribution in [0.2, 0.25) is 5.02 Å². The van der Waals surface area contributed by atoms with E-state index in [9.17, 15) is 5.11 Å². The fourth-order valence-electron chi connectivity index (χ4n) is 1.47. The Morgan fingerprint density at radius 3 is 2.37 bits per heavy atom. The maximum absolute atomic E-state index is 9.63. The Bertz CT molecular complexity index is 633. The first-order valence-electron chi connectivity index (χ1n) is 5.45. The lowest BCUT2D eigenvalue weighted by Gasteiger charge is -2.02. The highest BCUT2D eigenvalue weighted by Gasteiger charge is 2.04. The molecule has 98 valence electrons. The van der Waals surface area contributed by atoms with Crippen LogP contribution in [-0.2, 0) is 0 Å². The number of hydrogen-bond donors (Lipinski definition) is 1. The quantitative estimate of drug-likeness (QED) is 0.648. The predicted octanol–water partition coefficient (Wildman–Crippen LogP) is 5.63. The summed E-state index contributed by atoms with van der Waals surface area (Å²) in [6, 6.07) is 9.23. The van der Waals surface area contributed by atoms with Gasteiger partial charge in [-0.05, 0) is 74.2 Å². The van der Waals surface area contributed by atoms with Crippen molar-refractivity contribution in [2.24, 2.45) is 4.99 Å². The molecule has 2 aromatic carbocycles. The molecule has 2 aromatic rings. The third-order valence-electron chi connectivity index (χ3n) is 2.56. The second-order valence-corrected chi connectivity index (χ2v) is 6.14. The normalized spacial score (nSPS) is 11.2. The monoisotopic (exact) mass is 401 g/mol. The molecule has 0 aliphatic heterocycles. The average molecular weight is 404 g/mol. The van der Waals surface area contributed by atoms with Gasteiger partial charge in [0, 0.05) is 11.2 Å². The summed E-state index contributed by atoms with van der Waals surface area (Å²) < 4.78 is 1.23. The third-order valence-corrected chi connectivity index (χ3v) is 4.17. The van der Waals surface area contributed by atoms with Gasteiger partial charge in [-0.25, -0.2) is 0 Å². The topological polar surface area (TPSA) is 32.6 Å². The Labute approximate surface area is 133 Å². The van der Waals surface area contributed by atoms with Crippen molar-refractivity contribution in [2.75, 3.05) is 0 Å². The van der Waals surface area contributed by atoms with Gasteiger partial charge in [-0.15, -0.1) is 0 Å². The molecule has 2 rings (SSSR count). The molecule has 0 saturated carbocycles. The van der Waals surface area contributed by atoms with Crippen molar-refractivity contribution in [1.29, 1.82) is 0 Å².